The molecule has 1 fully saturated rings. The van der Waals surface area contributed by atoms with Crippen molar-refractivity contribution < 1.29 is 13.2 Å². The Morgan fingerprint density at radius 2 is 2.00 bits per heavy atom. The van der Waals surface area contributed by atoms with Gasteiger partial charge in [0.15, 0.2) is 0 Å². The van der Waals surface area contributed by atoms with Crippen molar-refractivity contribution in [3.63, 3.8) is 0 Å². The Labute approximate surface area is 85.9 Å². The van der Waals surface area contributed by atoms with E-state index >= 15 is 0 Å². The van der Waals surface area contributed by atoms with E-state index in [2.05, 4.69) is 5.32 Å². The molecule has 0 amide bonds. The van der Waals surface area contributed by atoms with Crippen LogP contribution in [0.4, 0.5) is 0 Å². The van der Waals surface area contributed by atoms with E-state index in [0.29, 0.717) is 24.0 Å². The summed E-state index contributed by atoms with van der Waals surface area (Å²) in [5.41, 5.74) is 0. The number of methoxy groups -OCH3 is 1. The topological polar surface area (TPSA) is 55.4 Å². The third-order valence-electron chi connectivity index (χ3n) is 2.59. The van der Waals surface area contributed by atoms with Crippen molar-refractivity contribution in [1.82, 2.24) is 5.32 Å². The second-order valence-electron chi connectivity index (χ2n) is 3.79. The molecule has 0 atom stereocenters. The Bertz CT molecular complexity index is 237. The lowest BCUT2D eigenvalue weighted by Crippen LogP contribution is -2.32. The molecule has 1 N–H and O–H groups in total. The van der Waals surface area contributed by atoms with Crippen LogP contribution in [-0.2, 0) is 14.6 Å². The second-order valence-corrected chi connectivity index (χ2v) is 6.10. The summed E-state index contributed by atoms with van der Waals surface area (Å²) in [6.45, 7) is 2.48. The van der Waals surface area contributed by atoms with Crippen molar-refractivity contribution >= 4 is 9.84 Å². The van der Waals surface area contributed by atoms with Crippen molar-refractivity contribution in [2.24, 2.45) is 5.92 Å². The lowest BCUT2D eigenvalue weighted by molar-refractivity contribution is 0.197. The average molecular weight is 221 g/mol. The largest absolute Gasteiger partial charge is 0.383 e. The summed E-state index contributed by atoms with van der Waals surface area (Å²) >= 11 is 0. The maximum atomic E-state index is 11.1. The monoisotopic (exact) mass is 221 g/mol. The van der Waals surface area contributed by atoms with Crippen LogP contribution in [0.1, 0.15) is 12.8 Å². The molecule has 0 aromatic carbocycles. The summed E-state index contributed by atoms with van der Waals surface area (Å²) in [6.07, 6.45) is 1.62. The Kier molecular flexibility index (Phi) is 4.84. The summed E-state index contributed by atoms with van der Waals surface area (Å²) in [7, 11) is -1.03. The quantitative estimate of drug-likeness (QED) is 0.666. The van der Waals surface area contributed by atoms with Gasteiger partial charge in [0.1, 0.15) is 9.84 Å². The predicted molar refractivity (Wildman–Crippen MR) is 56.1 cm³/mol. The van der Waals surface area contributed by atoms with Crippen molar-refractivity contribution in [3.8, 4) is 0 Å². The molecule has 4 nitrogen and oxygen atoms in total. The molecular formula is C9H19NO3S. The van der Waals surface area contributed by atoms with E-state index in [1.807, 2.05) is 0 Å². The number of nitrogens with one attached hydrogen (secondary N) is 1. The minimum Gasteiger partial charge on any atom is -0.383 e. The first-order valence-corrected chi connectivity index (χ1v) is 6.86. The van der Waals surface area contributed by atoms with Crippen molar-refractivity contribution in [2.75, 3.05) is 38.3 Å². The van der Waals surface area contributed by atoms with Gasteiger partial charge in [-0.15, -0.1) is 0 Å². The summed E-state index contributed by atoms with van der Waals surface area (Å²) in [4.78, 5) is 0. The zero-order valence-corrected chi connectivity index (χ0v) is 9.48. The number of sulfone groups is 1. The maximum absolute atomic E-state index is 11.1. The van der Waals surface area contributed by atoms with Gasteiger partial charge in [-0.3, -0.25) is 0 Å². The first-order chi connectivity index (χ1) is 6.64. The fourth-order valence-corrected chi connectivity index (χ4v) is 3.21. The molecule has 0 bridgehead atoms. The standard InChI is InChI=1S/C9H19NO3S/c1-13-5-4-10-8-9-2-6-14(11,12)7-3-9/h9-10H,2-8H2,1H3. The van der Waals surface area contributed by atoms with Crippen LogP contribution in [0, 0.1) is 5.92 Å². The van der Waals surface area contributed by atoms with Crippen molar-refractivity contribution in [1.29, 1.82) is 0 Å². The first kappa shape index (κ1) is 11.9. The molecule has 0 saturated carbocycles. The Hall–Kier alpha value is -0.130. The zero-order valence-electron chi connectivity index (χ0n) is 8.66. The van der Waals surface area contributed by atoms with E-state index < -0.39 is 9.84 Å². The maximum Gasteiger partial charge on any atom is 0.150 e. The van der Waals surface area contributed by atoms with Crippen LogP contribution >= 0.6 is 0 Å². The van der Waals surface area contributed by atoms with Crippen molar-refractivity contribution in [3.05, 3.63) is 0 Å². The van der Waals surface area contributed by atoms with Crippen LogP contribution in [0.5, 0.6) is 0 Å². The highest BCUT2D eigenvalue weighted by molar-refractivity contribution is 7.91. The molecule has 0 radical (unpaired) electrons. The number of hydrogen-bond donors (Lipinski definition) is 1. The third kappa shape index (κ3) is 4.39. The summed E-state index contributed by atoms with van der Waals surface area (Å²) in [6, 6.07) is 0. The highest BCUT2D eigenvalue weighted by Crippen LogP contribution is 2.17. The van der Waals surface area contributed by atoms with Gasteiger partial charge >= 0.3 is 0 Å². The molecule has 84 valence electrons. The van der Waals surface area contributed by atoms with Gasteiger partial charge in [0.25, 0.3) is 0 Å². The van der Waals surface area contributed by atoms with E-state index in [-0.39, 0.29) is 0 Å². The molecule has 1 aliphatic heterocycles. The Morgan fingerprint density at radius 1 is 1.36 bits per heavy atom. The molecule has 0 aromatic rings. The van der Waals surface area contributed by atoms with Crippen LogP contribution in [0.3, 0.4) is 0 Å². The highest BCUT2D eigenvalue weighted by atomic mass is 32.2. The van der Waals surface area contributed by atoms with E-state index in [9.17, 15) is 8.42 Å². The minimum absolute atomic E-state index is 0.365. The highest BCUT2D eigenvalue weighted by Gasteiger charge is 2.22. The van der Waals surface area contributed by atoms with Crippen LogP contribution in [0.15, 0.2) is 0 Å². The summed E-state index contributed by atoms with van der Waals surface area (Å²) in [5.74, 6) is 1.25. The molecule has 14 heavy (non-hydrogen) atoms. The van der Waals surface area contributed by atoms with Gasteiger partial charge < -0.3 is 10.1 Å². The normalized spacial score (nSPS) is 22.4. The fourth-order valence-electron chi connectivity index (χ4n) is 1.62. The SMILES string of the molecule is COCCNCC1CCS(=O)(=O)CC1. The van der Waals surface area contributed by atoms with Gasteiger partial charge in [-0.05, 0) is 25.3 Å². The van der Waals surface area contributed by atoms with Crippen LogP contribution in [-0.4, -0.2) is 46.7 Å². The molecule has 1 saturated heterocycles. The summed E-state index contributed by atoms with van der Waals surface area (Å²) in [5, 5.41) is 3.26. The minimum atomic E-state index is -2.70. The van der Waals surface area contributed by atoms with Gasteiger partial charge in [-0.25, -0.2) is 8.42 Å². The smallest absolute Gasteiger partial charge is 0.150 e. The van der Waals surface area contributed by atoms with Crippen LogP contribution in [0.25, 0.3) is 0 Å². The van der Waals surface area contributed by atoms with Crippen LogP contribution < -0.4 is 5.32 Å². The molecule has 1 aliphatic rings. The average Bonchev–Trinajstić information content (AvgIpc) is 2.15. The molecule has 0 aromatic heterocycles. The molecule has 5 heteroatoms. The lowest BCUT2D eigenvalue weighted by Gasteiger charge is -2.21. The van der Waals surface area contributed by atoms with Gasteiger partial charge in [0.05, 0.1) is 18.1 Å². The Morgan fingerprint density at radius 3 is 2.57 bits per heavy atom. The van der Waals surface area contributed by atoms with E-state index in [1.165, 1.54) is 0 Å². The van der Waals surface area contributed by atoms with Gasteiger partial charge in [0.2, 0.25) is 0 Å². The zero-order chi connectivity index (χ0) is 10.4. The third-order valence-corrected chi connectivity index (χ3v) is 4.31. The van der Waals surface area contributed by atoms with Gasteiger partial charge in [-0.2, -0.15) is 0 Å². The summed E-state index contributed by atoms with van der Waals surface area (Å²) < 4.78 is 27.2. The number of ether oxygens (including phenoxy) is 1. The van der Waals surface area contributed by atoms with Gasteiger partial charge in [-0.1, -0.05) is 0 Å². The first-order valence-electron chi connectivity index (χ1n) is 5.04. The van der Waals surface area contributed by atoms with Crippen molar-refractivity contribution in [2.45, 2.75) is 12.8 Å². The van der Waals surface area contributed by atoms with Gasteiger partial charge in [0, 0.05) is 13.7 Å². The molecule has 1 heterocycles. The second kappa shape index (κ2) is 5.68. The molecule has 1 rings (SSSR count). The number of hydrogen-bond acceptors (Lipinski definition) is 4. The Balaban J connectivity index is 2.10. The number of rotatable bonds is 5. The lowest BCUT2D eigenvalue weighted by atomic mass is 10.0. The van der Waals surface area contributed by atoms with Crippen LogP contribution in [0.2, 0.25) is 0 Å². The molecule has 0 spiro atoms. The fraction of sp³-hybridized carbons (Fsp3) is 1.00. The molecule has 0 aliphatic carbocycles. The predicted octanol–water partition coefficient (Wildman–Crippen LogP) is 0.0472. The van der Waals surface area contributed by atoms with E-state index in [4.69, 9.17) is 4.74 Å². The van der Waals surface area contributed by atoms with E-state index in [1.54, 1.807) is 7.11 Å². The molecular weight excluding hydrogens is 202 g/mol. The molecule has 0 unspecified atom stereocenters. The van der Waals surface area contributed by atoms with E-state index in [0.717, 1.165) is 25.9 Å².